The van der Waals surface area contributed by atoms with Crippen molar-refractivity contribution in [2.24, 2.45) is 0 Å². The molecule has 0 aliphatic carbocycles. The van der Waals surface area contributed by atoms with Gasteiger partial charge in [0.15, 0.2) is 11.0 Å². The molecular weight excluding hydrogens is 417 g/mol. The lowest BCUT2D eigenvalue weighted by Crippen LogP contribution is -2.12. The smallest absolute Gasteiger partial charge is 0.319 e. The number of hydrogen-bond acceptors (Lipinski definition) is 5. The van der Waals surface area contributed by atoms with Crippen molar-refractivity contribution in [2.75, 3.05) is 0 Å². The highest BCUT2D eigenvalue weighted by molar-refractivity contribution is 8.00. The van der Waals surface area contributed by atoms with E-state index in [2.05, 4.69) is 10.2 Å². The summed E-state index contributed by atoms with van der Waals surface area (Å²) >= 11 is 13.8. The zero-order chi connectivity index (χ0) is 19.7. The van der Waals surface area contributed by atoms with Crippen LogP contribution in [0, 0.1) is 0 Å². The van der Waals surface area contributed by atoms with E-state index >= 15 is 0 Å². The second-order valence-electron chi connectivity index (χ2n) is 6.59. The molecule has 0 amide bonds. The van der Waals surface area contributed by atoms with Crippen LogP contribution in [-0.2, 0) is 16.1 Å². The normalized spacial score (nSPS) is 19.0. The topological polar surface area (TPSA) is 57.0 Å². The highest BCUT2D eigenvalue weighted by Crippen LogP contribution is 2.35. The Labute approximate surface area is 177 Å². The number of rotatable bonds is 5. The van der Waals surface area contributed by atoms with E-state index in [-0.39, 0.29) is 17.3 Å². The molecule has 1 aliphatic rings. The number of hydrogen-bond donors (Lipinski definition) is 0. The van der Waals surface area contributed by atoms with Gasteiger partial charge >= 0.3 is 5.97 Å². The van der Waals surface area contributed by atoms with E-state index in [4.69, 9.17) is 27.9 Å². The van der Waals surface area contributed by atoms with Gasteiger partial charge in [-0.1, -0.05) is 65.3 Å². The van der Waals surface area contributed by atoms with Gasteiger partial charge in [-0.15, -0.1) is 10.2 Å². The van der Waals surface area contributed by atoms with E-state index in [9.17, 15) is 4.79 Å². The van der Waals surface area contributed by atoms with Gasteiger partial charge in [0, 0.05) is 17.0 Å². The molecule has 3 aromatic rings. The minimum Gasteiger partial charge on any atom is -0.462 e. The van der Waals surface area contributed by atoms with Gasteiger partial charge in [0.1, 0.15) is 11.4 Å². The van der Waals surface area contributed by atoms with E-state index in [0.717, 1.165) is 11.1 Å². The van der Waals surface area contributed by atoms with E-state index in [1.807, 2.05) is 47.9 Å². The molecular formula is C20H17Cl2N3O2S. The Kier molecular flexibility index (Phi) is 5.62. The number of esters is 1. The standard InChI is InChI=1S/C20H17Cl2N3O2S/c1-12-9-17(19(26)27-12)28-20-24-23-18(15-8-7-14(21)10-16(15)22)25(20)11-13-5-3-2-4-6-13/h2-8,10,12,17H,9,11H2,1H3/t12-,17-/m0/s1. The van der Waals surface area contributed by atoms with Crippen LogP contribution in [0.15, 0.2) is 53.7 Å². The Bertz CT molecular complexity index is 1010. The van der Waals surface area contributed by atoms with Crippen LogP contribution in [0.2, 0.25) is 10.0 Å². The molecule has 2 atom stereocenters. The lowest BCUT2D eigenvalue weighted by Gasteiger charge is -2.12. The molecule has 8 heteroatoms. The molecule has 1 aromatic heterocycles. The van der Waals surface area contributed by atoms with Crippen LogP contribution in [0.1, 0.15) is 18.9 Å². The average Bonchev–Trinajstić information content (AvgIpc) is 3.19. The van der Waals surface area contributed by atoms with Crippen molar-refractivity contribution in [3.8, 4) is 11.4 Å². The summed E-state index contributed by atoms with van der Waals surface area (Å²) in [6.07, 6.45) is 0.569. The lowest BCUT2D eigenvalue weighted by atomic mass is 10.2. The van der Waals surface area contributed by atoms with Gasteiger partial charge in [0.2, 0.25) is 0 Å². The average molecular weight is 434 g/mol. The third kappa shape index (κ3) is 4.04. The maximum absolute atomic E-state index is 12.1. The second-order valence-corrected chi connectivity index (χ2v) is 8.61. The maximum Gasteiger partial charge on any atom is 0.319 e. The Balaban J connectivity index is 1.74. The molecule has 1 saturated heterocycles. The Morgan fingerprint density at radius 1 is 1.18 bits per heavy atom. The van der Waals surface area contributed by atoms with Crippen LogP contribution in [0.5, 0.6) is 0 Å². The summed E-state index contributed by atoms with van der Waals surface area (Å²) < 4.78 is 7.25. The zero-order valence-electron chi connectivity index (χ0n) is 15.0. The Hall–Kier alpha value is -2.02. The fraction of sp³-hybridized carbons (Fsp3) is 0.250. The first kappa shape index (κ1) is 19.3. The van der Waals surface area contributed by atoms with E-state index in [1.54, 1.807) is 12.1 Å². The first-order valence-corrected chi connectivity index (χ1v) is 10.4. The molecule has 5 nitrogen and oxygen atoms in total. The molecule has 0 saturated carbocycles. The van der Waals surface area contributed by atoms with E-state index in [1.165, 1.54) is 11.8 Å². The fourth-order valence-corrected chi connectivity index (χ4v) is 4.73. The number of thioether (sulfide) groups is 1. The summed E-state index contributed by atoms with van der Waals surface area (Å²) in [5.41, 5.74) is 1.83. The Morgan fingerprint density at radius 2 is 1.96 bits per heavy atom. The van der Waals surface area contributed by atoms with Crippen molar-refractivity contribution in [2.45, 2.75) is 36.4 Å². The van der Waals surface area contributed by atoms with E-state index in [0.29, 0.717) is 34.0 Å². The van der Waals surface area contributed by atoms with Crippen LogP contribution < -0.4 is 0 Å². The number of cyclic esters (lactones) is 1. The van der Waals surface area contributed by atoms with Gasteiger partial charge in [-0.2, -0.15) is 0 Å². The summed E-state index contributed by atoms with van der Waals surface area (Å²) in [7, 11) is 0. The number of ether oxygens (including phenoxy) is 1. The second kappa shape index (κ2) is 8.15. The lowest BCUT2D eigenvalue weighted by molar-refractivity contribution is -0.140. The van der Waals surface area contributed by atoms with Crippen LogP contribution >= 0.6 is 35.0 Å². The molecule has 2 aromatic carbocycles. The number of benzene rings is 2. The fourth-order valence-electron chi connectivity index (χ4n) is 3.10. The van der Waals surface area contributed by atoms with Crippen molar-refractivity contribution >= 4 is 40.9 Å². The van der Waals surface area contributed by atoms with E-state index < -0.39 is 0 Å². The molecule has 4 rings (SSSR count). The van der Waals surface area contributed by atoms with Crippen molar-refractivity contribution in [3.63, 3.8) is 0 Å². The minimum atomic E-state index is -0.290. The summed E-state index contributed by atoms with van der Waals surface area (Å²) in [6.45, 7) is 2.45. The quantitative estimate of drug-likeness (QED) is 0.524. The zero-order valence-corrected chi connectivity index (χ0v) is 17.3. The minimum absolute atomic E-state index is 0.0827. The molecule has 0 spiro atoms. The SMILES string of the molecule is C[C@H]1C[C@H](Sc2nnc(-c3ccc(Cl)cc3Cl)n2Cc2ccccc2)C(=O)O1. The maximum atomic E-state index is 12.1. The molecule has 2 heterocycles. The number of aromatic nitrogens is 3. The molecule has 0 unspecified atom stereocenters. The van der Waals surface area contributed by atoms with Crippen LogP contribution in [-0.4, -0.2) is 32.1 Å². The monoisotopic (exact) mass is 433 g/mol. The molecule has 1 fully saturated rings. The van der Waals surface area contributed by atoms with Crippen molar-refractivity contribution in [3.05, 3.63) is 64.1 Å². The molecule has 1 aliphatic heterocycles. The third-order valence-electron chi connectivity index (χ3n) is 4.45. The summed E-state index contributed by atoms with van der Waals surface area (Å²) in [6, 6.07) is 15.3. The largest absolute Gasteiger partial charge is 0.462 e. The number of halogens is 2. The van der Waals surface area contributed by atoms with Crippen LogP contribution in [0.3, 0.4) is 0 Å². The molecule has 28 heavy (non-hydrogen) atoms. The van der Waals surface area contributed by atoms with Crippen molar-refractivity contribution < 1.29 is 9.53 Å². The highest BCUT2D eigenvalue weighted by atomic mass is 35.5. The van der Waals surface area contributed by atoms with Gasteiger partial charge in [0.25, 0.3) is 0 Å². The van der Waals surface area contributed by atoms with Gasteiger partial charge in [0.05, 0.1) is 11.6 Å². The molecule has 0 bridgehead atoms. The summed E-state index contributed by atoms with van der Waals surface area (Å²) in [5.74, 6) is 0.422. The first-order valence-electron chi connectivity index (χ1n) is 8.81. The van der Waals surface area contributed by atoms with Crippen LogP contribution in [0.4, 0.5) is 0 Å². The van der Waals surface area contributed by atoms with Crippen molar-refractivity contribution in [1.82, 2.24) is 14.8 Å². The molecule has 0 radical (unpaired) electrons. The van der Waals surface area contributed by atoms with Gasteiger partial charge < -0.3 is 4.74 Å². The summed E-state index contributed by atoms with van der Waals surface area (Å²) in [4.78, 5) is 12.1. The van der Waals surface area contributed by atoms with Crippen molar-refractivity contribution in [1.29, 1.82) is 0 Å². The van der Waals surface area contributed by atoms with Gasteiger partial charge in [-0.05, 0) is 30.7 Å². The summed E-state index contributed by atoms with van der Waals surface area (Å²) in [5, 5.41) is 10.1. The van der Waals surface area contributed by atoms with Crippen LogP contribution in [0.25, 0.3) is 11.4 Å². The molecule has 144 valence electrons. The molecule has 0 N–H and O–H groups in total. The predicted octanol–water partition coefficient (Wildman–Crippen LogP) is 5.10. The third-order valence-corrected chi connectivity index (χ3v) is 6.18. The van der Waals surface area contributed by atoms with Gasteiger partial charge in [-0.3, -0.25) is 9.36 Å². The first-order chi connectivity index (χ1) is 13.5. The van der Waals surface area contributed by atoms with Gasteiger partial charge in [-0.25, -0.2) is 0 Å². The predicted molar refractivity (Wildman–Crippen MR) is 111 cm³/mol. The number of nitrogens with zero attached hydrogens (tertiary/aromatic N) is 3. The Morgan fingerprint density at radius 3 is 2.64 bits per heavy atom. The highest BCUT2D eigenvalue weighted by Gasteiger charge is 2.34. The number of carbonyl (C=O) groups is 1. The number of carbonyl (C=O) groups excluding carboxylic acids is 1.